The largest absolute Gasteiger partial charge is 0.383 e. The van der Waals surface area contributed by atoms with E-state index in [4.69, 9.17) is 5.73 Å². The highest BCUT2D eigenvalue weighted by molar-refractivity contribution is 5.86. The number of anilines is 2. The minimum Gasteiger partial charge on any atom is -0.383 e. The molecule has 0 bridgehead atoms. The molecule has 1 fully saturated rings. The summed E-state index contributed by atoms with van der Waals surface area (Å²) in [5.41, 5.74) is 8.35. The van der Waals surface area contributed by atoms with Gasteiger partial charge in [-0.2, -0.15) is 10.5 Å². The molecular weight excluding hydrogens is 379 g/mol. The number of benzene rings is 1. The van der Waals surface area contributed by atoms with Gasteiger partial charge in [0, 0.05) is 30.4 Å². The monoisotopic (exact) mass is 398 g/mol. The SMILES string of the molecule is N#Cc1c(N)nc(N2CCCCC2)c(C#N)c1-c1cccc(-c2ncccc2F)c1. The summed E-state index contributed by atoms with van der Waals surface area (Å²) < 4.78 is 14.3. The summed E-state index contributed by atoms with van der Waals surface area (Å²) in [5.74, 6) is 0.138. The van der Waals surface area contributed by atoms with E-state index in [0.29, 0.717) is 28.1 Å². The number of hydrogen-bond donors (Lipinski definition) is 1. The van der Waals surface area contributed by atoms with Gasteiger partial charge in [0.2, 0.25) is 0 Å². The summed E-state index contributed by atoms with van der Waals surface area (Å²) in [6, 6.07) is 14.2. The van der Waals surface area contributed by atoms with Crippen LogP contribution in [0, 0.1) is 28.5 Å². The first-order valence-corrected chi connectivity index (χ1v) is 9.74. The molecule has 1 aromatic carbocycles. The number of nitriles is 2. The zero-order valence-corrected chi connectivity index (χ0v) is 16.3. The Morgan fingerprint density at radius 2 is 1.70 bits per heavy atom. The van der Waals surface area contributed by atoms with Gasteiger partial charge in [0.25, 0.3) is 0 Å². The molecule has 30 heavy (non-hydrogen) atoms. The zero-order valence-electron chi connectivity index (χ0n) is 16.3. The molecule has 1 aliphatic rings. The number of nitrogens with two attached hydrogens (primary N) is 1. The Labute approximate surface area is 174 Å². The third kappa shape index (κ3) is 3.42. The van der Waals surface area contributed by atoms with Crippen molar-refractivity contribution in [2.45, 2.75) is 19.3 Å². The predicted octanol–water partition coefficient (Wildman–Crippen LogP) is 4.27. The lowest BCUT2D eigenvalue weighted by molar-refractivity contribution is 0.573. The van der Waals surface area contributed by atoms with Crippen LogP contribution in [0.2, 0.25) is 0 Å². The second kappa shape index (κ2) is 8.18. The maximum Gasteiger partial charge on any atom is 0.149 e. The first-order chi connectivity index (χ1) is 14.6. The smallest absolute Gasteiger partial charge is 0.149 e. The van der Waals surface area contributed by atoms with Crippen molar-refractivity contribution in [3.8, 4) is 34.5 Å². The van der Waals surface area contributed by atoms with Gasteiger partial charge >= 0.3 is 0 Å². The van der Waals surface area contributed by atoms with Crippen molar-refractivity contribution in [2.24, 2.45) is 0 Å². The third-order valence-electron chi connectivity index (χ3n) is 5.27. The number of piperidine rings is 1. The van der Waals surface area contributed by atoms with Gasteiger partial charge in [-0.05, 0) is 43.0 Å². The molecule has 3 heterocycles. The van der Waals surface area contributed by atoms with Crippen LogP contribution < -0.4 is 10.6 Å². The fraction of sp³-hybridized carbons (Fsp3) is 0.217. The number of nitrogen functional groups attached to an aromatic ring is 1. The molecule has 1 aliphatic heterocycles. The average molecular weight is 398 g/mol. The second-order valence-electron chi connectivity index (χ2n) is 7.13. The molecule has 2 aromatic heterocycles. The number of nitrogens with zero attached hydrogens (tertiary/aromatic N) is 5. The first kappa shape index (κ1) is 19.4. The summed E-state index contributed by atoms with van der Waals surface area (Å²) in [6.07, 6.45) is 4.67. The molecule has 0 saturated carbocycles. The lowest BCUT2D eigenvalue weighted by atomic mass is 9.93. The standard InChI is InChI=1S/C23H19FN6/c24-19-8-5-9-28-21(19)16-7-4-6-15(12-16)20-17(13-25)22(27)29-23(18(20)14-26)30-10-2-1-3-11-30/h4-9,12H,1-3,10-11H2,(H2,27,29). The van der Waals surface area contributed by atoms with Gasteiger partial charge in [-0.3, -0.25) is 4.98 Å². The minimum atomic E-state index is -0.445. The molecule has 6 nitrogen and oxygen atoms in total. The zero-order chi connectivity index (χ0) is 21.1. The quantitative estimate of drug-likeness (QED) is 0.707. The molecule has 0 amide bonds. The Morgan fingerprint density at radius 3 is 2.40 bits per heavy atom. The molecule has 0 radical (unpaired) electrons. The molecule has 7 heteroatoms. The van der Waals surface area contributed by atoms with E-state index in [-0.39, 0.29) is 17.1 Å². The van der Waals surface area contributed by atoms with Crippen LogP contribution in [0.4, 0.5) is 16.0 Å². The van der Waals surface area contributed by atoms with Crippen LogP contribution >= 0.6 is 0 Å². The molecule has 0 aliphatic carbocycles. The molecule has 0 unspecified atom stereocenters. The maximum atomic E-state index is 14.3. The summed E-state index contributed by atoms with van der Waals surface area (Å²) in [7, 11) is 0. The van der Waals surface area contributed by atoms with Gasteiger partial charge in [0.05, 0.1) is 0 Å². The van der Waals surface area contributed by atoms with Gasteiger partial charge in [0.15, 0.2) is 0 Å². The molecule has 2 N–H and O–H groups in total. The topological polar surface area (TPSA) is 103 Å². The third-order valence-corrected chi connectivity index (χ3v) is 5.27. The number of aromatic nitrogens is 2. The number of hydrogen-bond acceptors (Lipinski definition) is 6. The molecule has 1 saturated heterocycles. The normalized spacial score (nSPS) is 13.5. The van der Waals surface area contributed by atoms with Crippen LogP contribution in [-0.4, -0.2) is 23.1 Å². The fourth-order valence-corrected chi connectivity index (χ4v) is 3.85. The van der Waals surface area contributed by atoms with E-state index in [0.717, 1.165) is 32.4 Å². The van der Waals surface area contributed by atoms with Crippen LogP contribution in [0.1, 0.15) is 30.4 Å². The van der Waals surface area contributed by atoms with Crippen LogP contribution in [0.25, 0.3) is 22.4 Å². The molecule has 3 aromatic rings. The number of pyridine rings is 2. The number of halogens is 1. The van der Waals surface area contributed by atoms with E-state index in [9.17, 15) is 14.9 Å². The molecular formula is C23H19FN6. The van der Waals surface area contributed by atoms with Gasteiger partial charge in [-0.15, -0.1) is 0 Å². The van der Waals surface area contributed by atoms with Crippen LogP contribution in [0.3, 0.4) is 0 Å². The highest BCUT2D eigenvalue weighted by Gasteiger charge is 2.24. The van der Waals surface area contributed by atoms with E-state index < -0.39 is 5.82 Å². The van der Waals surface area contributed by atoms with Crippen molar-refractivity contribution in [2.75, 3.05) is 23.7 Å². The lowest BCUT2D eigenvalue weighted by Crippen LogP contribution is -2.31. The Morgan fingerprint density at radius 1 is 0.967 bits per heavy atom. The van der Waals surface area contributed by atoms with Gasteiger partial charge in [-0.1, -0.05) is 18.2 Å². The van der Waals surface area contributed by atoms with Crippen molar-refractivity contribution in [3.05, 3.63) is 59.5 Å². The van der Waals surface area contributed by atoms with Crippen LogP contribution in [0.15, 0.2) is 42.6 Å². The van der Waals surface area contributed by atoms with E-state index in [1.54, 1.807) is 24.3 Å². The average Bonchev–Trinajstić information content (AvgIpc) is 2.79. The Kier molecular flexibility index (Phi) is 5.28. The van der Waals surface area contributed by atoms with Crippen molar-refractivity contribution in [3.63, 3.8) is 0 Å². The lowest BCUT2D eigenvalue weighted by Gasteiger charge is -2.29. The first-order valence-electron chi connectivity index (χ1n) is 9.74. The highest BCUT2D eigenvalue weighted by atomic mass is 19.1. The van der Waals surface area contributed by atoms with E-state index in [1.807, 2.05) is 4.90 Å². The molecule has 4 rings (SSSR count). The van der Waals surface area contributed by atoms with Crippen LogP contribution in [-0.2, 0) is 0 Å². The molecule has 148 valence electrons. The van der Waals surface area contributed by atoms with Crippen molar-refractivity contribution < 1.29 is 4.39 Å². The summed E-state index contributed by atoms with van der Waals surface area (Å²) in [5, 5.41) is 19.7. The molecule has 0 atom stereocenters. The van der Waals surface area contributed by atoms with Crippen molar-refractivity contribution in [1.29, 1.82) is 10.5 Å². The van der Waals surface area contributed by atoms with E-state index in [1.165, 1.54) is 18.3 Å². The minimum absolute atomic E-state index is 0.0847. The maximum absolute atomic E-state index is 14.3. The fourth-order valence-electron chi connectivity index (χ4n) is 3.85. The highest BCUT2D eigenvalue weighted by Crippen LogP contribution is 2.37. The van der Waals surface area contributed by atoms with Crippen molar-refractivity contribution in [1.82, 2.24) is 9.97 Å². The van der Waals surface area contributed by atoms with E-state index >= 15 is 0 Å². The predicted molar refractivity (Wildman–Crippen MR) is 113 cm³/mol. The van der Waals surface area contributed by atoms with E-state index in [2.05, 4.69) is 22.1 Å². The summed E-state index contributed by atoms with van der Waals surface area (Å²) >= 11 is 0. The second-order valence-corrected chi connectivity index (χ2v) is 7.13. The van der Waals surface area contributed by atoms with Gasteiger partial charge in [0.1, 0.15) is 46.4 Å². The molecule has 0 spiro atoms. The van der Waals surface area contributed by atoms with Gasteiger partial charge < -0.3 is 10.6 Å². The summed E-state index contributed by atoms with van der Waals surface area (Å²) in [6.45, 7) is 1.57. The Bertz CT molecular complexity index is 1190. The Hall–Kier alpha value is -3.97. The van der Waals surface area contributed by atoms with Crippen LogP contribution in [0.5, 0.6) is 0 Å². The Balaban J connectivity index is 1.93. The summed E-state index contributed by atoms with van der Waals surface area (Å²) in [4.78, 5) is 10.6. The van der Waals surface area contributed by atoms with Crippen molar-refractivity contribution >= 4 is 11.6 Å². The number of rotatable bonds is 3. The van der Waals surface area contributed by atoms with Gasteiger partial charge in [-0.25, -0.2) is 9.37 Å².